The van der Waals surface area contributed by atoms with Gasteiger partial charge in [-0.2, -0.15) is 0 Å². The highest BCUT2D eigenvalue weighted by Crippen LogP contribution is 2.28. The maximum atomic E-state index is 13.2. The largest absolute Gasteiger partial charge is 0.322 e. The molecule has 0 aliphatic rings. The number of amides is 1. The Labute approximate surface area is 195 Å². The molecule has 1 N–H and O–H groups in total. The van der Waals surface area contributed by atoms with E-state index in [-0.39, 0.29) is 29.2 Å². The number of pyridine rings is 1. The van der Waals surface area contributed by atoms with Crippen LogP contribution in [0.2, 0.25) is 0 Å². The number of hydrogen-bond acceptors (Lipinski definition) is 4. The molecule has 0 spiro atoms. The third kappa shape index (κ3) is 5.93. The SMILES string of the molecule is O=C(Nc1ccc(F)cc1)c1ccc(SCC(=O)C(c2ccccc2)c2ccccc2)nc1. The molecule has 0 atom stereocenters. The van der Waals surface area contributed by atoms with Crippen LogP contribution in [-0.2, 0) is 4.79 Å². The Morgan fingerprint density at radius 1 is 0.818 bits per heavy atom. The lowest BCUT2D eigenvalue weighted by Gasteiger charge is -2.16. The molecule has 4 nitrogen and oxygen atoms in total. The van der Waals surface area contributed by atoms with Crippen LogP contribution in [0.4, 0.5) is 10.1 Å². The quantitative estimate of drug-likeness (QED) is 0.332. The van der Waals surface area contributed by atoms with Gasteiger partial charge in [0.2, 0.25) is 0 Å². The van der Waals surface area contributed by atoms with Gasteiger partial charge < -0.3 is 5.32 Å². The Morgan fingerprint density at radius 2 is 1.42 bits per heavy atom. The molecule has 0 saturated carbocycles. The number of ketones is 1. The minimum Gasteiger partial charge on any atom is -0.322 e. The molecule has 0 radical (unpaired) electrons. The summed E-state index contributed by atoms with van der Waals surface area (Å²) in [5.74, 6) is -0.719. The number of carbonyl (C=O) groups is 2. The van der Waals surface area contributed by atoms with Gasteiger partial charge >= 0.3 is 0 Å². The van der Waals surface area contributed by atoms with Crippen molar-refractivity contribution in [2.24, 2.45) is 0 Å². The first-order valence-electron chi connectivity index (χ1n) is 10.4. The molecule has 1 amide bonds. The van der Waals surface area contributed by atoms with Crippen LogP contribution in [0.5, 0.6) is 0 Å². The highest BCUT2D eigenvalue weighted by Gasteiger charge is 2.22. The van der Waals surface area contributed by atoms with E-state index >= 15 is 0 Å². The van der Waals surface area contributed by atoms with Crippen molar-refractivity contribution in [3.63, 3.8) is 0 Å². The number of carbonyl (C=O) groups excluding carboxylic acids is 2. The van der Waals surface area contributed by atoms with Crippen LogP contribution in [0.1, 0.15) is 27.4 Å². The van der Waals surface area contributed by atoms with Gasteiger partial charge in [0.05, 0.1) is 22.3 Å². The van der Waals surface area contributed by atoms with Gasteiger partial charge in [-0.3, -0.25) is 9.59 Å². The molecule has 3 aromatic carbocycles. The first kappa shape index (κ1) is 22.4. The van der Waals surface area contributed by atoms with Gasteiger partial charge in [0.15, 0.2) is 5.78 Å². The zero-order valence-corrected chi connectivity index (χ0v) is 18.5. The van der Waals surface area contributed by atoms with E-state index in [0.717, 1.165) is 11.1 Å². The zero-order chi connectivity index (χ0) is 23.0. The fourth-order valence-electron chi connectivity index (χ4n) is 3.42. The van der Waals surface area contributed by atoms with Crippen LogP contribution in [0.25, 0.3) is 0 Å². The summed E-state index contributed by atoms with van der Waals surface area (Å²) < 4.78 is 13.0. The monoisotopic (exact) mass is 456 g/mol. The lowest BCUT2D eigenvalue weighted by Crippen LogP contribution is -2.16. The van der Waals surface area contributed by atoms with Crippen LogP contribution in [0, 0.1) is 5.82 Å². The number of aromatic nitrogens is 1. The van der Waals surface area contributed by atoms with Crippen LogP contribution < -0.4 is 5.32 Å². The highest BCUT2D eigenvalue weighted by atomic mass is 32.2. The van der Waals surface area contributed by atoms with Gasteiger partial charge in [-0.15, -0.1) is 0 Å². The average molecular weight is 457 g/mol. The number of nitrogens with one attached hydrogen (secondary N) is 1. The molecule has 0 aliphatic heterocycles. The lowest BCUT2D eigenvalue weighted by molar-refractivity contribution is -0.117. The van der Waals surface area contributed by atoms with Crippen molar-refractivity contribution in [3.8, 4) is 0 Å². The van der Waals surface area contributed by atoms with Gasteiger partial charge in [0.25, 0.3) is 5.91 Å². The Kier molecular flexibility index (Phi) is 7.27. The Balaban J connectivity index is 1.41. The minimum atomic E-state index is -0.368. The average Bonchev–Trinajstić information content (AvgIpc) is 2.86. The normalized spacial score (nSPS) is 10.7. The minimum absolute atomic E-state index is 0.0809. The van der Waals surface area contributed by atoms with Gasteiger partial charge in [0, 0.05) is 11.9 Å². The molecule has 0 saturated heterocycles. The fourth-order valence-corrected chi connectivity index (χ4v) is 4.17. The molecule has 1 aromatic heterocycles. The van der Waals surface area contributed by atoms with Crippen LogP contribution >= 0.6 is 11.8 Å². The third-order valence-corrected chi connectivity index (χ3v) is 6.02. The summed E-state index contributed by atoms with van der Waals surface area (Å²) in [5, 5.41) is 3.35. The number of halogens is 1. The topological polar surface area (TPSA) is 59.1 Å². The first-order valence-corrected chi connectivity index (χ1v) is 11.4. The van der Waals surface area contributed by atoms with E-state index in [1.165, 1.54) is 42.2 Å². The molecular formula is C27H21FN2O2S. The molecule has 0 fully saturated rings. The van der Waals surface area contributed by atoms with Gasteiger partial charge in [-0.1, -0.05) is 72.4 Å². The number of nitrogens with zero attached hydrogens (tertiary/aromatic N) is 1. The van der Waals surface area contributed by atoms with Crippen molar-refractivity contribution in [2.75, 3.05) is 11.1 Å². The molecule has 0 aliphatic carbocycles. The molecule has 33 heavy (non-hydrogen) atoms. The summed E-state index contributed by atoms with van der Waals surface area (Å²) in [7, 11) is 0. The van der Waals surface area contributed by atoms with Crippen molar-refractivity contribution >= 4 is 29.1 Å². The zero-order valence-electron chi connectivity index (χ0n) is 17.6. The second-order valence-corrected chi connectivity index (χ2v) is 8.35. The van der Waals surface area contributed by atoms with E-state index in [2.05, 4.69) is 10.3 Å². The lowest BCUT2D eigenvalue weighted by atomic mass is 9.88. The van der Waals surface area contributed by atoms with Crippen molar-refractivity contribution in [1.29, 1.82) is 0 Å². The summed E-state index contributed by atoms with van der Waals surface area (Å²) in [6.45, 7) is 0. The smallest absolute Gasteiger partial charge is 0.257 e. The second kappa shape index (κ2) is 10.7. The van der Waals surface area contributed by atoms with Crippen LogP contribution in [-0.4, -0.2) is 22.4 Å². The van der Waals surface area contributed by atoms with E-state index < -0.39 is 0 Å². The summed E-state index contributed by atoms with van der Waals surface area (Å²) in [6, 6.07) is 28.4. The van der Waals surface area contributed by atoms with Gasteiger partial charge in [-0.05, 0) is 47.5 Å². The molecule has 4 aromatic rings. The number of benzene rings is 3. The number of anilines is 1. The fraction of sp³-hybridized carbons (Fsp3) is 0.0741. The van der Waals surface area contributed by atoms with E-state index in [0.29, 0.717) is 16.3 Å². The molecular weight excluding hydrogens is 435 g/mol. The van der Waals surface area contributed by atoms with Crippen LogP contribution in [0.3, 0.4) is 0 Å². The van der Waals surface area contributed by atoms with E-state index in [4.69, 9.17) is 0 Å². The van der Waals surface area contributed by atoms with E-state index in [1.54, 1.807) is 12.1 Å². The summed E-state index contributed by atoms with van der Waals surface area (Å²) in [6.07, 6.45) is 1.47. The first-order chi connectivity index (χ1) is 16.1. The second-order valence-electron chi connectivity index (χ2n) is 7.36. The predicted molar refractivity (Wildman–Crippen MR) is 129 cm³/mol. The third-order valence-electron chi connectivity index (χ3n) is 5.05. The molecule has 4 rings (SSSR count). The summed E-state index contributed by atoms with van der Waals surface area (Å²) in [5.41, 5.74) is 2.78. The standard InChI is InChI=1S/C27H21FN2O2S/c28-22-12-14-23(15-13-22)30-27(32)21-11-16-25(29-17-21)33-18-24(31)26(19-7-3-1-4-8-19)20-9-5-2-6-10-20/h1-17,26H,18H2,(H,30,32). The Hall–Kier alpha value is -3.77. The maximum absolute atomic E-state index is 13.2. The summed E-state index contributed by atoms with van der Waals surface area (Å²) in [4.78, 5) is 29.9. The molecule has 0 bridgehead atoms. The Bertz CT molecular complexity index is 1180. The number of Topliss-reactive ketones (excluding diaryl/α,β-unsaturated/α-hetero) is 1. The van der Waals surface area contributed by atoms with Gasteiger partial charge in [0.1, 0.15) is 5.82 Å². The highest BCUT2D eigenvalue weighted by molar-refractivity contribution is 7.99. The predicted octanol–water partition coefficient (Wildman–Crippen LogP) is 5.97. The number of thioether (sulfide) groups is 1. The number of hydrogen-bond donors (Lipinski definition) is 1. The van der Waals surface area contributed by atoms with Gasteiger partial charge in [-0.25, -0.2) is 9.37 Å². The number of rotatable bonds is 8. The van der Waals surface area contributed by atoms with Crippen molar-refractivity contribution in [1.82, 2.24) is 4.98 Å². The molecule has 6 heteroatoms. The maximum Gasteiger partial charge on any atom is 0.257 e. The van der Waals surface area contributed by atoms with Crippen molar-refractivity contribution in [3.05, 3.63) is 126 Å². The van der Waals surface area contributed by atoms with E-state index in [9.17, 15) is 14.0 Å². The Morgan fingerprint density at radius 3 is 1.97 bits per heavy atom. The molecule has 164 valence electrons. The summed E-state index contributed by atoms with van der Waals surface area (Å²) >= 11 is 1.34. The van der Waals surface area contributed by atoms with Crippen molar-refractivity contribution < 1.29 is 14.0 Å². The van der Waals surface area contributed by atoms with E-state index in [1.807, 2.05) is 60.7 Å². The van der Waals surface area contributed by atoms with Crippen molar-refractivity contribution in [2.45, 2.75) is 10.9 Å². The van der Waals surface area contributed by atoms with Crippen LogP contribution in [0.15, 0.2) is 108 Å². The molecule has 1 heterocycles. The molecule has 0 unspecified atom stereocenters.